The summed E-state index contributed by atoms with van der Waals surface area (Å²) >= 11 is 0. The molecule has 0 atom stereocenters. The first kappa shape index (κ1) is 8.67. The molecular formula is C4H7F2N3O. The van der Waals surface area contributed by atoms with Crippen LogP contribution in [0.1, 0.15) is 0 Å². The van der Waals surface area contributed by atoms with Gasteiger partial charge in [0.25, 0.3) is 0 Å². The largest absolute Gasteiger partial charge is 0.409 e. The van der Waals surface area contributed by atoms with E-state index in [1.165, 1.54) is 0 Å². The molecule has 0 aromatic heterocycles. The average molecular weight is 151 g/mol. The van der Waals surface area contributed by atoms with E-state index in [9.17, 15) is 8.78 Å². The van der Waals surface area contributed by atoms with E-state index in [0.717, 1.165) is 0 Å². The Morgan fingerprint density at radius 1 is 1.50 bits per heavy atom. The van der Waals surface area contributed by atoms with Crippen molar-refractivity contribution < 1.29 is 14.0 Å². The van der Waals surface area contributed by atoms with Gasteiger partial charge in [0.15, 0.2) is 0 Å². The predicted octanol–water partition coefficient (Wildman–Crippen LogP) is -0.159. The molecule has 0 spiro atoms. The number of oxime groups is 1. The Morgan fingerprint density at radius 2 is 1.90 bits per heavy atom. The van der Waals surface area contributed by atoms with Crippen LogP contribution in [-0.4, -0.2) is 17.0 Å². The van der Waals surface area contributed by atoms with Crippen molar-refractivity contribution in [1.82, 2.24) is 0 Å². The third-order valence-corrected chi connectivity index (χ3v) is 0.833. The highest BCUT2D eigenvalue weighted by molar-refractivity contribution is 5.89. The maximum atomic E-state index is 12.3. The van der Waals surface area contributed by atoms with E-state index in [2.05, 4.69) is 23.2 Å². The minimum atomic E-state index is -3.63. The molecule has 0 aromatic carbocycles. The normalized spacial score (nSPS) is 13.2. The number of hydrogen-bond donors (Lipinski definition) is 3. The maximum Gasteiger partial charge on any atom is 0.345 e. The summed E-state index contributed by atoms with van der Waals surface area (Å²) in [6, 6.07) is 0. The Kier molecular flexibility index (Phi) is 2.17. The first-order valence-corrected chi connectivity index (χ1v) is 2.23. The zero-order valence-corrected chi connectivity index (χ0v) is 5.01. The number of alkyl halides is 2. The summed E-state index contributed by atoms with van der Waals surface area (Å²) in [6.07, 6.45) is 0. The molecule has 0 saturated carbocycles. The van der Waals surface area contributed by atoms with E-state index in [1.807, 2.05) is 0 Å². The zero-order valence-electron chi connectivity index (χ0n) is 5.01. The molecule has 0 unspecified atom stereocenters. The molecular weight excluding hydrogens is 144 g/mol. The molecule has 0 aliphatic heterocycles. The lowest BCUT2D eigenvalue weighted by molar-refractivity contribution is 0.112. The fourth-order valence-corrected chi connectivity index (χ4v) is 0.227. The highest BCUT2D eigenvalue weighted by Crippen LogP contribution is 2.18. The van der Waals surface area contributed by atoms with Crippen molar-refractivity contribution in [1.29, 1.82) is 0 Å². The average Bonchev–Trinajstić information content (AvgIpc) is 1.86. The third-order valence-electron chi connectivity index (χ3n) is 0.833. The van der Waals surface area contributed by atoms with E-state index < -0.39 is 17.5 Å². The summed E-state index contributed by atoms with van der Waals surface area (Å²) in [5, 5.41) is 9.89. The second-order valence-corrected chi connectivity index (χ2v) is 1.58. The monoisotopic (exact) mass is 151 g/mol. The molecule has 6 heteroatoms. The molecule has 0 aliphatic rings. The maximum absolute atomic E-state index is 12.3. The van der Waals surface area contributed by atoms with Crippen molar-refractivity contribution in [3.05, 3.63) is 12.3 Å². The molecule has 0 fully saturated rings. The zero-order chi connectivity index (χ0) is 8.36. The molecule has 0 rings (SSSR count). The van der Waals surface area contributed by atoms with Crippen LogP contribution in [0.3, 0.4) is 0 Å². The van der Waals surface area contributed by atoms with Gasteiger partial charge in [0.1, 0.15) is 0 Å². The van der Waals surface area contributed by atoms with E-state index in [0.29, 0.717) is 0 Å². The fourth-order valence-electron chi connectivity index (χ4n) is 0.227. The van der Waals surface area contributed by atoms with Crippen molar-refractivity contribution in [2.75, 3.05) is 0 Å². The summed E-state index contributed by atoms with van der Waals surface area (Å²) in [5.41, 5.74) is 8.24. The molecule has 0 radical (unpaired) electrons. The molecule has 5 N–H and O–H groups in total. The Bertz CT molecular complexity index is 177. The van der Waals surface area contributed by atoms with Crippen molar-refractivity contribution in [3.63, 3.8) is 0 Å². The van der Waals surface area contributed by atoms with Crippen LogP contribution < -0.4 is 11.5 Å². The Labute approximate surface area is 55.8 Å². The lowest BCUT2D eigenvalue weighted by atomic mass is 10.2. The number of halogens is 2. The third kappa shape index (κ3) is 1.34. The van der Waals surface area contributed by atoms with Gasteiger partial charge in [0.05, 0.1) is 5.70 Å². The highest BCUT2D eigenvalue weighted by Gasteiger charge is 2.37. The summed E-state index contributed by atoms with van der Waals surface area (Å²) < 4.78 is 24.6. The van der Waals surface area contributed by atoms with Crippen LogP contribution in [0.15, 0.2) is 17.4 Å². The molecule has 10 heavy (non-hydrogen) atoms. The van der Waals surface area contributed by atoms with Crippen LogP contribution in [0, 0.1) is 0 Å². The molecule has 0 saturated heterocycles. The highest BCUT2D eigenvalue weighted by atomic mass is 19.3. The first-order valence-electron chi connectivity index (χ1n) is 2.23. The number of nitrogens with zero attached hydrogens (tertiary/aromatic N) is 1. The predicted molar refractivity (Wildman–Crippen MR) is 31.7 cm³/mol. The Hall–Kier alpha value is -1.33. The van der Waals surface area contributed by atoms with Gasteiger partial charge in [-0.3, -0.25) is 0 Å². The summed E-state index contributed by atoms with van der Waals surface area (Å²) in [5.74, 6) is -4.89. The van der Waals surface area contributed by atoms with Gasteiger partial charge in [-0.2, -0.15) is 8.78 Å². The minimum Gasteiger partial charge on any atom is -0.409 e. The van der Waals surface area contributed by atoms with Crippen LogP contribution in [0.2, 0.25) is 0 Å². The molecule has 0 bridgehead atoms. The topological polar surface area (TPSA) is 84.6 Å². The van der Waals surface area contributed by atoms with Crippen LogP contribution in [0.4, 0.5) is 8.78 Å². The number of nitrogens with two attached hydrogens (primary N) is 2. The fraction of sp³-hybridized carbons (Fsp3) is 0.250. The molecule has 0 aromatic rings. The van der Waals surface area contributed by atoms with Crippen LogP contribution in [0.5, 0.6) is 0 Å². The van der Waals surface area contributed by atoms with Gasteiger partial charge in [0.2, 0.25) is 5.84 Å². The summed E-state index contributed by atoms with van der Waals surface area (Å²) in [6.45, 7) is 2.75. The lowest BCUT2D eigenvalue weighted by Gasteiger charge is -2.12. The van der Waals surface area contributed by atoms with Gasteiger partial charge < -0.3 is 16.7 Å². The van der Waals surface area contributed by atoms with E-state index >= 15 is 0 Å². The van der Waals surface area contributed by atoms with E-state index in [1.54, 1.807) is 0 Å². The van der Waals surface area contributed by atoms with Crippen molar-refractivity contribution in [2.24, 2.45) is 16.6 Å². The second kappa shape index (κ2) is 2.51. The molecule has 4 nitrogen and oxygen atoms in total. The molecule has 0 amide bonds. The quantitative estimate of drug-likeness (QED) is 0.222. The van der Waals surface area contributed by atoms with Gasteiger partial charge in [0, 0.05) is 0 Å². The Morgan fingerprint density at radius 3 is 2.00 bits per heavy atom. The number of rotatable bonds is 2. The second-order valence-electron chi connectivity index (χ2n) is 1.58. The van der Waals surface area contributed by atoms with Gasteiger partial charge in [-0.15, -0.1) is 0 Å². The SMILES string of the molecule is C=C(N)C(F)(F)/C(N)=N/O. The lowest BCUT2D eigenvalue weighted by Crippen LogP contribution is -2.39. The molecule has 58 valence electrons. The standard InChI is InChI=1S/C4H7F2N3O/c1-2(7)4(5,6)3(8)9-10/h10H,1,7H2,(H2,8,9). The number of hydrogen-bond acceptors (Lipinski definition) is 3. The summed E-state index contributed by atoms with van der Waals surface area (Å²) in [7, 11) is 0. The van der Waals surface area contributed by atoms with Crippen molar-refractivity contribution in [3.8, 4) is 0 Å². The van der Waals surface area contributed by atoms with Crippen molar-refractivity contribution in [2.45, 2.75) is 5.92 Å². The van der Waals surface area contributed by atoms with Crippen LogP contribution >= 0.6 is 0 Å². The van der Waals surface area contributed by atoms with Gasteiger partial charge >= 0.3 is 5.92 Å². The van der Waals surface area contributed by atoms with Crippen LogP contribution in [-0.2, 0) is 0 Å². The van der Waals surface area contributed by atoms with Gasteiger partial charge in [-0.05, 0) is 0 Å². The van der Waals surface area contributed by atoms with Crippen molar-refractivity contribution >= 4 is 5.84 Å². The summed E-state index contributed by atoms with van der Waals surface area (Å²) in [4.78, 5) is 0. The Balaban J connectivity index is 4.56. The minimum absolute atomic E-state index is 0.956. The van der Waals surface area contributed by atoms with E-state index in [4.69, 9.17) is 5.21 Å². The van der Waals surface area contributed by atoms with Gasteiger partial charge in [-0.1, -0.05) is 11.7 Å². The molecule has 0 heterocycles. The van der Waals surface area contributed by atoms with Gasteiger partial charge in [-0.25, -0.2) is 0 Å². The number of amidine groups is 1. The molecule has 0 aliphatic carbocycles. The first-order chi connectivity index (χ1) is 4.42. The van der Waals surface area contributed by atoms with Crippen LogP contribution in [0.25, 0.3) is 0 Å². The smallest absolute Gasteiger partial charge is 0.345 e. The van der Waals surface area contributed by atoms with E-state index in [-0.39, 0.29) is 0 Å².